The Morgan fingerprint density at radius 3 is 2.32 bits per heavy atom. The van der Waals surface area contributed by atoms with Gasteiger partial charge in [-0.1, -0.05) is 29.8 Å². The van der Waals surface area contributed by atoms with Gasteiger partial charge >= 0.3 is 0 Å². The Morgan fingerprint density at radius 2 is 1.68 bits per heavy atom. The average Bonchev–Trinajstić information content (AvgIpc) is 2.60. The molecule has 128 valence electrons. The summed E-state index contributed by atoms with van der Waals surface area (Å²) in [6.45, 7) is 0. The standard InChI is InChI=1S/C15H11ClN4O4S/c16-11-7-6-10(8-12(11)20(23)24)13(21)17-15(25)19-18-14(22)9-4-2-1-3-5-9/h1-8H,(H,18,22)(H2,17,19,21,25). The Hall–Kier alpha value is -3.04. The summed E-state index contributed by atoms with van der Waals surface area (Å²) in [7, 11) is 0. The summed E-state index contributed by atoms with van der Waals surface area (Å²) in [6, 6.07) is 11.9. The van der Waals surface area contributed by atoms with Crippen molar-refractivity contribution in [3.8, 4) is 0 Å². The van der Waals surface area contributed by atoms with Crippen molar-refractivity contribution in [1.82, 2.24) is 16.2 Å². The highest BCUT2D eigenvalue weighted by Crippen LogP contribution is 2.24. The lowest BCUT2D eigenvalue weighted by Gasteiger charge is -2.11. The Bertz CT molecular complexity index is 845. The Morgan fingerprint density at radius 1 is 1.00 bits per heavy atom. The van der Waals surface area contributed by atoms with Crippen molar-refractivity contribution >= 4 is 46.4 Å². The van der Waals surface area contributed by atoms with Crippen molar-refractivity contribution in [2.75, 3.05) is 0 Å². The van der Waals surface area contributed by atoms with Gasteiger partial charge in [-0.3, -0.25) is 35.9 Å². The van der Waals surface area contributed by atoms with Gasteiger partial charge in [-0.05, 0) is 36.5 Å². The topological polar surface area (TPSA) is 113 Å². The number of carbonyl (C=O) groups is 2. The first-order chi connectivity index (χ1) is 11.9. The molecule has 0 fully saturated rings. The monoisotopic (exact) mass is 378 g/mol. The van der Waals surface area contributed by atoms with Crippen molar-refractivity contribution in [2.45, 2.75) is 0 Å². The molecule has 2 aromatic rings. The second kappa shape index (κ2) is 8.18. The maximum atomic E-state index is 12.0. The third-order valence-electron chi connectivity index (χ3n) is 2.96. The van der Waals surface area contributed by atoms with E-state index in [-0.39, 0.29) is 15.7 Å². The minimum atomic E-state index is -0.699. The maximum absolute atomic E-state index is 12.0. The summed E-state index contributed by atoms with van der Waals surface area (Å²) in [5.41, 5.74) is 4.69. The van der Waals surface area contributed by atoms with Crippen molar-refractivity contribution < 1.29 is 14.5 Å². The first kappa shape index (κ1) is 18.3. The molecule has 0 saturated heterocycles. The number of nitrogens with zero attached hydrogens (tertiary/aromatic N) is 1. The van der Waals surface area contributed by atoms with Crippen molar-refractivity contribution in [1.29, 1.82) is 0 Å². The molecule has 2 amide bonds. The molecule has 0 aliphatic heterocycles. The number of hydrogen-bond acceptors (Lipinski definition) is 5. The molecular weight excluding hydrogens is 368 g/mol. The van der Waals surface area contributed by atoms with E-state index in [0.717, 1.165) is 6.07 Å². The van der Waals surface area contributed by atoms with Crippen molar-refractivity contribution in [2.24, 2.45) is 0 Å². The lowest BCUT2D eigenvalue weighted by atomic mass is 10.2. The molecule has 8 nitrogen and oxygen atoms in total. The summed E-state index contributed by atoms with van der Waals surface area (Å²) >= 11 is 10.6. The first-order valence-corrected chi connectivity index (χ1v) is 7.58. The zero-order valence-corrected chi connectivity index (χ0v) is 14.1. The molecule has 0 aromatic heterocycles. The lowest BCUT2D eigenvalue weighted by Crippen LogP contribution is -2.48. The maximum Gasteiger partial charge on any atom is 0.288 e. The molecule has 25 heavy (non-hydrogen) atoms. The van der Waals surface area contributed by atoms with E-state index in [1.807, 2.05) is 0 Å². The van der Waals surface area contributed by atoms with E-state index in [1.54, 1.807) is 30.3 Å². The van der Waals surface area contributed by atoms with Gasteiger partial charge in [0.1, 0.15) is 5.02 Å². The molecular formula is C15H11ClN4O4S. The average molecular weight is 379 g/mol. The molecule has 0 bridgehead atoms. The van der Waals surface area contributed by atoms with Crippen molar-refractivity contribution in [3.63, 3.8) is 0 Å². The fraction of sp³-hybridized carbons (Fsp3) is 0. The number of rotatable bonds is 3. The van der Waals surface area contributed by atoms with Crippen LogP contribution in [0, 0.1) is 10.1 Å². The van der Waals surface area contributed by atoms with E-state index in [1.165, 1.54) is 12.1 Å². The van der Waals surface area contributed by atoms with Crippen LogP contribution in [0.1, 0.15) is 20.7 Å². The second-order valence-electron chi connectivity index (χ2n) is 4.65. The minimum absolute atomic E-state index is 0.00497. The highest BCUT2D eigenvalue weighted by atomic mass is 35.5. The number of hydrogen-bond donors (Lipinski definition) is 3. The summed E-state index contributed by atoms with van der Waals surface area (Å²) in [6.07, 6.45) is 0. The van der Waals surface area contributed by atoms with Gasteiger partial charge in [0.05, 0.1) is 4.92 Å². The third-order valence-corrected chi connectivity index (χ3v) is 3.48. The molecule has 10 heteroatoms. The molecule has 0 radical (unpaired) electrons. The van der Waals surface area contributed by atoms with Crippen LogP contribution >= 0.6 is 23.8 Å². The van der Waals surface area contributed by atoms with Crippen LogP contribution in [-0.4, -0.2) is 21.9 Å². The predicted octanol–water partition coefficient (Wildman–Crippen LogP) is 2.20. The normalized spacial score (nSPS) is 9.80. The van der Waals surface area contributed by atoms with Crippen LogP contribution in [0.25, 0.3) is 0 Å². The van der Waals surface area contributed by atoms with Crippen LogP contribution in [0.15, 0.2) is 48.5 Å². The van der Waals surface area contributed by atoms with E-state index in [9.17, 15) is 19.7 Å². The first-order valence-electron chi connectivity index (χ1n) is 6.79. The van der Waals surface area contributed by atoms with E-state index < -0.39 is 22.4 Å². The fourth-order valence-electron chi connectivity index (χ4n) is 1.78. The predicted molar refractivity (Wildman–Crippen MR) is 95.2 cm³/mol. The van der Waals surface area contributed by atoms with E-state index in [0.29, 0.717) is 5.56 Å². The third kappa shape index (κ3) is 4.96. The second-order valence-corrected chi connectivity index (χ2v) is 5.47. The zero-order valence-electron chi connectivity index (χ0n) is 12.5. The van der Waals surface area contributed by atoms with Crippen LogP contribution < -0.4 is 16.2 Å². The highest BCUT2D eigenvalue weighted by Gasteiger charge is 2.17. The van der Waals surface area contributed by atoms with Crippen molar-refractivity contribution in [3.05, 3.63) is 74.8 Å². The van der Waals surface area contributed by atoms with Crippen LogP contribution in [0.3, 0.4) is 0 Å². The number of thiocarbonyl (C=S) groups is 1. The number of nitro benzene ring substituents is 1. The van der Waals surface area contributed by atoms with E-state index in [4.69, 9.17) is 23.8 Å². The van der Waals surface area contributed by atoms with Crippen LogP contribution in [0.2, 0.25) is 5.02 Å². The van der Waals surface area contributed by atoms with Gasteiger partial charge < -0.3 is 0 Å². The van der Waals surface area contributed by atoms with Gasteiger partial charge in [-0.15, -0.1) is 0 Å². The lowest BCUT2D eigenvalue weighted by molar-refractivity contribution is -0.384. The molecule has 0 aliphatic carbocycles. The molecule has 2 rings (SSSR count). The van der Waals surface area contributed by atoms with Gasteiger partial charge in [-0.2, -0.15) is 0 Å². The quantitative estimate of drug-likeness (QED) is 0.428. The summed E-state index contributed by atoms with van der Waals surface area (Å²) in [5, 5.41) is 12.9. The van der Waals surface area contributed by atoms with Gasteiger partial charge in [0.25, 0.3) is 17.5 Å². The number of nitro groups is 1. The largest absolute Gasteiger partial charge is 0.298 e. The Kier molecular flexibility index (Phi) is 5.98. The fourth-order valence-corrected chi connectivity index (χ4v) is 2.11. The summed E-state index contributed by atoms with van der Waals surface area (Å²) in [4.78, 5) is 34.0. The number of hydrazine groups is 1. The van der Waals surface area contributed by atoms with Crippen LogP contribution in [0.5, 0.6) is 0 Å². The van der Waals surface area contributed by atoms with Gasteiger partial charge in [0, 0.05) is 17.2 Å². The molecule has 0 saturated carbocycles. The molecule has 3 N–H and O–H groups in total. The Balaban J connectivity index is 1.94. The molecule has 0 heterocycles. The van der Waals surface area contributed by atoms with E-state index >= 15 is 0 Å². The van der Waals surface area contributed by atoms with Crippen LogP contribution in [0.4, 0.5) is 5.69 Å². The highest BCUT2D eigenvalue weighted by molar-refractivity contribution is 7.80. The zero-order chi connectivity index (χ0) is 18.4. The number of amides is 2. The smallest absolute Gasteiger partial charge is 0.288 e. The summed E-state index contributed by atoms with van der Waals surface area (Å²) < 4.78 is 0. The summed E-state index contributed by atoms with van der Waals surface area (Å²) in [5.74, 6) is -1.13. The number of benzene rings is 2. The molecule has 0 atom stereocenters. The molecule has 0 unspecified atom stereocenters. The van der Waals surface area contributed by atoms with Gasteiger partial charge in [-0.25, -0.2) is 0 Å². The number of halogens is 1. The minimum Gasteiger partial charge on any atom is -0.298 e. The molecule has 0 spiro atoms. The van der Waals surface area contributed by atoms with Crippen LogP contribution in [-0.2, 0) is 0 Å². The Labute approximate surface area is 152 Å². The van der Waals surface area contributed by atoms with E-state index in [2.05, 4.69) is 16.2 Å². The molecule has 0 aliphatic rings. The number of nitrogens with one attached hydrogen (secondary N) is 3. The molecule has 2 aromatic carbocycles. The SMILES string of the molecule is O=C(NNC(=S)NC(=O)c1ccc(Cl)c([N+](=O)[O-])c1)c1ccccc1. The van der Waals surface area contributed by atoms with Gasteiger partial charge in [0.15, 0.2) is 5.11 Å². The van der Waals surface area contributed by atoms with Gasteiger partial charge in [0.2, 0.25) is 0 Å². The number of carbonyl (C=O) groups excluding carboxylic acids is 2.